The number of carboxylic acids is 1. The first kappa shape index (κ1) is 57.9. The van der Waals surface area contributed by atoms with E-state index in [0.717, 1.165) is 57.8 Å². The predicted octanol–water partition coefficient (Wildman–Crippen LogP) is 11.9. The van der Waals surface area contributed by atoms with Gasteiger partial charge in [0, 0.05) is 19.3 Å². The Morgan fingerprint density at radius 1 is 0.557 bits per heavy atom. The van der Waals surface area contributed by atoms with E-state index in [4.69, 9.17) is 24.8 Å². The number of hydrogen-bond acceptors (Lipinski definition) is 10. The number of phosphoric acid groups is 1. The summed E-state index contributed by atoms with van der Waals surface area (Å²) in [5.74, 6) is -2.34. The molecule has 0 aromatic carbocycles. The van der Waals surface area contributed by atoms with Crippen LogP contribution in [0.2, 0.25) is 0 Å². The van der Waals surface area contributed by atoms with E-state index in [0.29, 0.717) is 25.7 Å². The average molecular weight is 880 g/mol. The molecule has 0 saturated carbocycles. The molecule has 0 aliphatic carbocycles. The number of carboxylic acid groups (broad SMARTS) is 1. The standard InChI is InChI=1S/C48H82NO11P/c1-3-5-7-8-9-10-11-12-13-14-15-16-17-18-21-25-28-31-35-39-47(52)60-44(41-58-61(55,56)59-42-45(49)48(53)54)40-57-46(51)38-34-30-27-24-22-19-20-23-26-29-33-37-43(50)36-32-6-4-2/h12-13,19-20,24,26-27,29,33,37,44-45H,3-11,14-18,21-23,25,28,30-32,34-36,38-42,49H2,1-2H3,(H,53,54)(H,55,56)/b13-12-,20-19-,27-24-,29-26-,37-33+/t44-,45+/m1/s1. The van der Waals surface area contributed by atoms with Crippen molar-refractivity contribution < 1.29 is 52.3 Å². The minimum atomic E-state index is -4.75. The number of ether oxygens (including phenoxy) is 2. The Morgan fingerprint density at radius 3 is 1.66 bits per heavy atom. The van der Waals surface area contributed by atoms with Crippen molar-refractivity contribution in [2.75, 3.05) is 19.8 Å². The van der Waals surface area contributed by atoms with E-state index in [1.165, 1.54) is 77.0 Å². The molecule has 0 aromatic rings. The van der Waals surface area contributed by atoms with Crippen LogP contribution in [0.3, 0.4) is 0 Å². The van der Waals surface area contributed by atoms with Crippen LogP contribution in [0.4, 0.5) is 0 Å². The zero-order valence-electron chi connectivity index (χ0n) is 37.7. The molecule has 0 saturated heterocycles. The molecule has 0 spiro atoms. The highest BCUT2D eigenvalue weighted by atomic mass is 31.2. The minimum absolute atomic E-state index is 0.118. The van der Waals surface area contributed by atoms with Gasteiger partial charge in [0.25, 0.3) is 0 Å². The lowest BCUT2D eigenvalue weighted by atomic mass is 10.1. The SMILES string of the molecule is CCCCCCCC/C=C\CCCCCCCCCCCC(=O)O[C@H](COC(=O)CCC/C=C\C/C=C\C/C=C\C=C\C(=O)CCCCC)COP(=O)(O)OC[C@H](N)C(=O)O. The minimum Gasteiger partial charge on any atom is -0.480 e. The molecule has 0 aliphatic heterocycles. The maximum atomic E-state index is 12.7. The van der Waals surface area contributed by atoms with Crippen LogP contribution in [0.5, 0.6) is 0 Å². The molecule has 0 radical (unpaired) electrons. The van der Waals surface area contributed by atoms with E-state index in [2.05, 4.69) is 30.5 Å². The van der Waals surface area contributed by atoms with Gasteiger partial charge in [-0.25, -0.2) is 4.57 Å². The Morgan fingerprint density at radius 2 is 1.03 bits per heavy atom. The van der Waals surface area contributed by atoms with Crippen LogP contribution in [0.15, 0.2) is 60.8 Å². The third kappa shape index (κ3) is 42.0. The van der Waals surface area contributed by atoms with E-state index in [1.807, 2.05) is 36.5 Å². The summed E-state index contributed by atoms with van der Waals surface area (Å²) in [7, 11) is -4.75. The van der Waals surface area contributed by atoms with Crippen LogP contribution < -0.4 is 5.73 Å². The summed E-state index contributed by atoms with van der Waals surface area (Å²) in [6.07, 6.45) is 45.6. The second-order valence-electron chi connectivity index (χ2n) is 15.6. The molecule has 13 heteroatoms. The lowest BCUT2D eigenvalue weighted by molar-refractivity contribution is -0.161. The van der Waals surface area contributed by atoms with Crippen LogP contribution in [-0.2, 0) is 42.3 Å². The molecule has 0 rings (SSSR count). The van der Waals surface area contributed by atoms with Crippen molar-refractivity contribution in [2.24, 2.45) is 5.73 Å². The number of aliphatic carboxylic acids is 1. The van der Waals surface area contributed by atoms with Crippen molar-refractivity contribution in [3.05, 3.63) is 60.8 Å². The summed E-state index contributed by atoms with van der Waals surface area (Å²) in [6, 6.07) is -1.54. The molecule has 0 amide bonds. The number of hydrogen-bond donors (Lipinski definition) is 3. The zero-order valence-corrected chi connectivity index (χ0v) is 38.6. The number of carbonyl (C=O) groups is 4. The summed E-state index contributed by atoms with van der Waals surface area (Å²) < 4.78 is 32.7. The lowest BCUT2D eigenvalue weighted by Crippen LogP contribution is -2.34. The number of carbonyl (C=O) groups excluding carboxylic acids is 3. The van der Waals surface area contributed by atoms with Crippen molar-refractivity contribution >= 4 is 31.5 Å². The van der Waals surface area contributed by atoms with Crippen LogP contribution in [0, 0.1) is 0 Å². The first-order valence-corrected chi connectivity index (χ1v) is 24.8. The fourth-order valence-electron chi connectivity index (χ4n) is 6.01. The Labute approximate surface area is 368 Å². The van der Waals surface area contributed by atoms with Crippen molar-refractivity contribution in [3.8, 4) is 0 Å². The molecule has 3 atom stereocenters. The largest absolute Gasteiger partial charge is 0.480 e. The first-order valence-electron chi connectivity index (χ1n) is 23.3. The highest BCUT2D eigenvalue weighted by Crippen LogP contribution is 2.43. The second kappa shape index (κ2) is 42.2. The Bertz CT molecular complexity index is 1330. The molecule has 1 unspecified atom stereocenters. The number of rotatable bonds is 43. The van der Waals surface area contributed by atoms with Gasteiger partial charge in [-0.15, -0.1) is 0 Å². The summed E-state index contributed by atoms with van der Waals surface area (Å²) in [4.78, 5) is 57.7. The van der Waals surface area contributed by atoms with E-state index >= 15 is 0 Å². The number of unbranched alkanes of at least 4 members (excludes halogenated alkanes) is 18. The average Bonchev–Trinajstić information content (AvgIpc) is 3.23. The highest BCUT2D eigenvalue weighted by Gasteiger charge is 2.28. The van der Waals surface area contributed by atoms with Gasteiger partial charge in [0.05, 0.1) is 13.2 Å². The Balaban J connectivity index is 4.44. The third-order valence-electron chi connectivity index (χ3n) is 9.71. The molecule has 0 fully saturated rings. The maximum Gasteiger partial charge on any atom is 0.472 e. The predicted molar refractivity (Wildman–Crippen MR) is 245 cm³/mol. The molecule has 0 aliphatic rings. The molecule has 61 heavy (non-hydrogen) atoms. The van der Waals surface area contributed by atoms with Crippen LogP contribution in [0.25, 0.3) is 0 Å². The molecule has 4 N–H and O–H groups in total. The maximum absolute atomic E-state index is 12.7. The van der Waals surface area contributed by atoms with Crippen LogP contribution in [0.1, 0.15) is 187 Å². The summed E-state index contributed by atoms with van der Waals surface area (Å²) in [5.41, 5.74) is 5.33. The molecular formula is C48H82NO11P. The van der Waals surface area contributed by atoms with Gasteiger partial charge < -0.3 is 25.2 Å². The Kier molecular flexibility index (Phi) is 40.0. The van der Waals surface area contributed by atoms with Crippen molar-refractivity contribution in [1.29, 1.82) is 0 Å². The fourth-order valence-corrected chi connectivity index (χ4v) is 6.79. The van der Waals surface area contributed by atoms with Gasteiger partial charge in [0.1, 0.15) is 12.6 Å². The monoisotopic (exact) mass is 880 g/mol. The number of allylic oxidation sites excluding steroid dienone is 10. The van der Waals surface area contributed by atoms with Gasteiger partial charge in [-0.1, -0.05) is 158 Å². The number of phosphoric ester groups is 1. The second-order valence-corrected chi connectivity index (χ2v) is 17.0. The van der Waals surface area contributed by atoms with E-state index in [1.54, 1.807) is 12.2 Å². The van der Waals surface area contributed by atoms with Crippen LogP contribution >= 0.6 is 7.82 Å². The molecular weight excluding hydrogens is 797 g/mol. The van der Waals surface area contributed by atoms with E-state index in [-0.39, 0.29) is 18.6 Å². The van der Waals surface area contributed by atoms with Gasteiger partial charge in [-0.3, -0.25) is 28.2 Å². The zero-order chi connectivity index (χ0) is 45.1. The van der Waals surface area contributed by atoms with E-state index < -0.39 is 57.7 Å². The van der Waals surface area contributed by atoms with Crippen molar-refractivity contribution in [2.45, 2.75) is 199 Å². The molecule has 0 aromatic heterocycles. The quantitative estimate of drug-likeness (QED) is 0.0131. The lowest BCUT2D eigenvalue weighted by Gasteiger charge is -2.20. The number of esters is 2. The normalized spacial score (nSPS) is 14.1. The Hall–Kier alpha value is -3.15. The summed E-state index contributed by atoms with van der Waals surface area (Å²) in [5, 5.41) is 8.90. The van der Waals surface area contributed by atoms with Gasteiger partial charge in [0.2, 0.25) is 0 Å². The fraction of sp³-hybridized carbons (Fsp3) is 0.708. The van der Waals surface area contributed by atoms with Gasteiger partial charge in [-0.05, 0) is 70.3 Å². The van der Waals surface area contributed by atoms with Gasteiger partial charge in [-0.2, -0.15) is 0 Å². The van der Waals surface area contributed by atoms with E-state index in [9.17, 15) is 28.6 Å². The summed E-state index contributed by atoms with van der Waals surface area (Å²) in [6.45, 7) is 2.57. The van der Waals surface area contributed by atoms with Crippen molar-refractivity contribution in [3.63, 3.8) is 0 Å². The smallest absolute Gasteiger partial charge is 0.472 e. The summed E-state index contributed by atoms with van der Waals surface area (Å²) >= 11 is 0. The first-order chi connectivity index (χ1) is 29.5. The highest BCUT2D eigenvalue weighted by molar-refractivity contribution is 7.47. The molecule has 0 bridgehead atoms. The topological polar surface area (TPSA) is 189 Å². The van der Waals surface area contributed by atoms with Crippen LogP contribution in [-0.4, -0.2) is 65.7 Å². The van der Waals surface area contributed by atoms with Crippen molar-refractivity contribution in [1.82, 2.24) is 0 Å². The number of nitrogens with two attached hydrogens (primary N) is 1. The van der Waals surface area contributed by atoms with Gasteiger partial charge >= 0.3 is 25.7 Å². The number of ketones is 1. The third-order valence-corrected chi connectivity index (χ3v) is 10.7. The molecule has 12 nitrogen and oxygen atoms in total. The molecule has 350 valence electrons. The molecule has 0 heterocycles. The van der Waals surface area contributed by atoms with Gasteiger partial charge in [0.15, 0.2) is 11.9 Å².